The number of para-hydroxylation sites is 6. The molecule has 0 radical (unpaired) electrons. The maximum Gasteiger partial charge on any atom is 0.252 e. The summed E-state index contributed by atoms with van der Waals surface area (Å²) in [5, 5.41) is 13.5. The molecule has 0 bridgehead atoms. The van der Waals surface area contributed by atoms with E-state index in [1.165, 1.54) is 81.9 Å². The fourth-order valence-corrected chi connectivity index (χ4v) is 24.3. The van der Waals surface area contributed by atoms with Gasteiger partial charge in [0.15, 0.2) is 0 Å². The Morgan fingerprint density at radius 3 is 0.924 bits per heavy atom. The molecular weight excluding hydrogens is 1750 g/mol. The van der Waals surface area contributed by atoms with Gasteiger partial charge in [0, 0.05) is 110 Å². The minimum atomic E-state index is -0.457. The molecule has 26 aromatic rings. The predicted octanol–water partition coefficient (Wildman–Crippen LogP) is 35.8. The first-order valence-corrected chi connectivity index (χ1v) is 50.8. The first-order valence-electron chi connectivity index (χ1n) is 50.8. The third-order valence-electron chi connectivity index (χ3n) is 31.5. The molecule has 0 amide bonds. The zero-order valence-electron chi connectivity index (χ0n) is 82.9. The van der Waals surface area contributed by atoms with Gasteiger partial charge < -0.3 is 32.2 Å². The van der Waals surface area contributed by atoms with Crippen molar-refractivity contribution in [2.24, 2.45) is 0 Å². The van der Waals surface area contributed by atoms with Crippen molar-refractivity contribution in [2.75, 3.05) is 9.80 Å². The summed E-state index contributed by atoms with van der Waals surface area (Å²) in [5.41, 5.74) is 42.0. The minimum Gasteiger partial charge on any atom is -0.455 e. The lowest BCUT2D eigenvalue weighted by atomic mass is 9.33. The van der Waals surface area contributed by atoms with Crippen molar-refractivity contribution in [3.05, 3.63) is 435 Å². The summed E-state index contributed by atoms with van der Waals surface area (Å²) in [6, 6.07) is 157. The molecule has 0 spiro atoms. The molecule has 0 saturated carbocycles. The Balaban J connectivity index is 0.862. The van der Waals surface area contributed by atoms with Crippen LogP contribution < -0.4 is 26.2 Å². The monoisotopic (exact) mass is 1850 g/mol. The number of hydrogen-bond acceptors (Lipinski definition) is 4. The average Bonchev–Trinajstić information content (AvgIpc) is 0.902. The van der Waals surface area contributed by atoms with Gasteiger partial charge in [0.25, 0.3) is 6.71 Å². The number of rotatable bonds is 11. The summed E-state index contributed by atoms with van der Waals surface area (Å²) >= 11 is 0. The van der Waals surface area contributed by atoms with Crippen LogP contribution in [-0.2, 0) is 21.7 Å². The molecule has 8 heteroatoms. The maximum atomic E-state index is 7.83. The second kappa shape index (κ2) is 31.3. The van der Waals surface area contributed by atoms with Gasteiger partial charge in [0.05, 0.1) is 60.8 Å². The lowest BCUT2D eigenvalue weighted by Crippen LogP contribution is -2.61. The molecule has 7 nitrogen and oxygen atoms in total. The Morgan fingerprint density at radius 2 is 0.542 bits per heavy atom. The molecule has 2 aliphatic heterocycles. The second-order valence-electron chi connectivity index (χ2n) is 44.3. The number of hydrogen-bond donors (Lipinski definition) is 0. The molecule has 8 heterocycles. The van der Waals surface area contributed by atoms with Crippen molar-refractivity contribution in [2.45, 2.75) is 105 Å². The van der Waals surface area contributed by atoms with Crippen LogP contribution in [0.4, 0.5) is 34.1 Å². The van der Waals surface area contributed by atoms with Crippen molar-refractivity contribution in [3.63, 3.8) is 0 Å². The molecule has 0 atom stereocenters. The maximum absolute atomic E-state index is 7.83. The smallest absolute Gasteiger partial charge is 0.252 e. The first-order chi connectivity index (χ1) is 69.9. The lowest BCUT2D eigenvalue weighted by molar-refractivity contribution is 0.568. The Labute approximate surface area is 837 Å². The number of benzene rings is 20. The van der Waals surface area contributed by atoms with Crippen LogP contribution in [0.25, 0.3) is 215 Å². The van der Waals surface area contributed by atoms with Crippen LogP contribution in [-0.4, -0.2) is 20.2 Å². The minimum absolute atomic E-state index is 0.273. The SMILES string of the molecule is CC(C)(C)c1cc(-c2cc(-c3ccccc3)c3oc4ccccc4c3c2N2c3cc(-n4c5ccccc5c5ccc(-c6ccccc6)cc54)ccc3B3c4ccc(-n5c6ccccc6c6ccc(-c7ccccc7)cc65)cc4N(c4c(-c5cc(C(C)(C)C)cc(C(C)(C)C)c5)cc(-c5ccccc5)c5oc6ccccc6c45)c4cc(-c5cc6c7ccccc7n7c8ccccc8c(c5)c67)cc2c43)cc(C(C)(C)C)c1. The highest BCUT2D eigenvalue weighted by molar-refractivity contribution is 7.00. The Bertz CT molecular complexity index is 9270. The van der Waals surface area contributed by atoms with Crippen molar-refractivity contribution >= 4 is 183 Å². The van der Waals surface area contributed by atoms with Gasteiger partial charge in [-0.3, -0.25) is 0 Å². The number of aromatic nitrogens is 3. The largest absolute Gasteiger partial charge is 0.455 e. The van der Waals surface area contributed by atoms with Gasteiger partial charge in [-0.2, -0.15) is 0 Å². The quantitative estimate of drug-likeness (QED) is 0.121. The standard InChI is InChI=1S/C136H104BN5O2/c1-133(2,3)91-65-89(66-92(75-91)134(4,5)6)105-79-107(83-41-21-15-22-42-83)131-125(103-49-29-35-55-123(103)143-131)129(105)141-119-77-95(138-113-51-31-25-45-97(113)101-61-57-85(71-117(101)138)81-37-17-13-18-38-81)59-63-111(119)137-112-64-60-96(139-114-52-32-26-46-98(114)102-62-58-86(72-118(102)139)82-39-19-14-20-40-82)78-120(112)142(122-74-88(73-121(141)127(122)137)87-69-109-99-47-27-33-53-115(99)140-116-54-34-28-48-100(116)110(70-87)128(109)140)130-106(90-67-93(135(7,8)9)76-94(68-90)136(10,11)12)80-108(84-43-23-16-24-44-84)132-126(130)104-50-30-36-56-124(104)144-132/h13-80H,1-12H3. The molecule has 688 valence electrons. The summed E-state index contributed by atoms with van der Waals surface area (Å²) < 4.78 is 23.3. The molecule has 28 rings (SSSR count). The Hall–Kier alpha value is -16.9. The van der Waals surface area contributed by atoms with Crippen molar-refractivity contribution in [1.82, 2.24) is 13.5 Å². The van der Waals surface area contributed by atoms with Gasteiger partial charge in [0.2, 0.25) is 0 Å². The summed E-state index contributed by atoms with van der Waals surface area (Å²) in [6.45, 7) is 28.1. The summed E-state index contributed by atoms with van der Waals surface area (Å²) in [5.74, 6) is 0. The highest BCUT2D eigenvalue weighted by atomic mass is 16.3. The third kappa shape index (κ3) is 13.0. The number of fused-ring (bicyclic) bond motifs is 22. The third-order valence-corrected chi connectivity index (χ3v) is 31.5. The average molecular weight is 1850 g/mol. The topological polar surface area (TPSA) is 47.0 Å². The van der Waals surface area contributed by atoms with E-state index in [4.69, 9.17) is 8.83 Å². The van der Waals surface area contributed by atoms with E-state index in [0.717, 1.165) is 206 Å². The van der Waals surface area contributed by atoms with Crippen molar-refractivity contribution < 1.29 is 8.83 Å². The zero-order valence-corrected chi connectivity index (χ0v) is 82.9. The van der Waals surface area contributed by atoms with Crippen molar-refractivity contribution in [3.8, 4) is 89.3 Å². The van der Waals surface area contributed by atoms with Gasteiger partial charge in [-0.25, -0.2) is 0 Å². The number of furan rings is 2. The molecule has 20 aromatic carbocycles. The van der Waals surface area contributed by atoms with Gasteiger partial charge in [0.1, 0.15) is 22.3 Å². The highest BCUT2D eigenvalue weighted by Crippen LogP contribution is 2.60. The Kier molecular flexibility index (Phi) is 18.5. The van der Waals surface area contributed by atoms with Crippen LogP contribution in [0.2, 0.25) is 0 Å². The zero-order chi connectivity index (χ0) is 97.0. The Morgan fingerprint density at radius 1 is 0.215 bits per heavy atom. The van der Waals surface area contributed by atoms with Crippen LogP contribution in [0.1, 0.15) is 105 Å². The normalized spacial score (nSPS) is 13.1. The van der Waals surface area contributed by atoms with Gasteiger partial charge in [-0.1, -0.05) is 386 Å². The molecule has 0 unspecified atom stereocenters. The van der Waals surface area contributed by atoms with Crippen LogP contribution in [0.15, 0.2) is 421 Å². The number of nitrogens with zero attached hydrogens (tertiary/aromatic N) is 5. The highest BCUT2D eigenvalue weighted by Gasteiger charge is 2.48. The first kappa shape index (κ1) is 85.1. The summed E-state index contributed by atoms with van der Waals surface area (Å²) in [7, 11) is 0. The van der Waals surface area contributed by atoms with Gasteiger partial charge >= 0.3 is 0 Å². The van der Waals surface area contributed by atoms with Crippen LogP contribution in [0.5, 0.6) is 0 Å². The second-order valence-corrected chi connectivity index (χ2v) is 44.3. The van der Waals surface area contributed by atoms with Crippen LogP contribution in [0.3, 0.4) is 0 Å². The molecule has 2 aliphatic rings. The van der Waals surface area contributed by atoms with E-state index in [2.05, 4.69) is 519 Å². The molecule has 0 saturated heterocycles. The lowest BCUT2D eigenvalue weighted by Gasteiger charge is -2.45. The molecule has 6 aromatic heterocycles. The van der Waals surface area contributed by atoms with Crippen LogP contribution in [0, 0.1) is 0 Å². The molecule has 144 heavy (non-hydrogen) atoms. The summed E-state index contributed by atoms with van der Waals surface area (Å²) in [4.78, 5) is 5.55. The van der Waals surface area contributed by atoms with E-state index in [9.17, 15) is 0 Å². The van der Waals surface area contributed by atoms with E-state index in [-0.39, 0.29) is 21.7 Å². The van der Waals surface area contributed by atoms with E-state index in [1.807, 2.05) is 0 Å². The van der Waals surface area contributed by atoms with E-state index >= 15 is 0 Å². The van der Waals surface area contributed by atoms with Crippen LogP contribution >= 0.6 is 0 Å². The van der Waals surface area contributed by atoms with E-state index < -0.39 is 6.71 Å². The predicted molar refractivity (Wildman–Crippen MR) is 611 cm³/mol. The number of anilines is 6. The molecular formula is C136H104BN5O2. The fraction of sp³-hybridized carbons (Fsp3) is 0.118. The molecule has 0 aliphatic carbocycles. The van der Waals surface area contributed by atoms with E-state index in [0.29, 0.717) is 0 Å². The fourth-order valence-electron chi connectivity index (χ4n) is 24.3. The van der Waals surface area contributed by atoms with Crippen molar-refractivity contribution in [1.29, 1.82) is 0 Å². The van der Waals surface area contributed by atoms with Gasteiger partial charge in [-0.15, -0.1) is 0 Å². The molecule has 0 fully saturated rings. The van der Waals surface area contributed by atoms with E-state index in [1.54, 1.807) is 0 Å². The molecule has 0 N–H and O–H groups in total. The van der Waals surface area contributed by atoms with Gasteiger partial charge in [-0.05, 0) is 225 Å². The summed E-state index contributed by atoms with van der Waals surface area (Å²) in [6.07, 6.45) is 0.